The van der Waals surface area contributed by atoms with Gasteiger partial charge in [0.1, 0.15) is 0 Å². The lowest BCUT2D eigenvalue weighted by atomic mass is 10.0. The summed E-state index contributed by atoms with van der Waals surface area (Å²) in [7, 11) is 0. The van der Waals surface area contributed by atoms with E-state index in [1.165, 1.54) is 12.1 Å². The predicted molar refractivity (Wildman–Crippen MR) is 73.4 cm³/mol. The number of halogens is 1. The van der Waals surface area contributed by atoms with Crippen LogP contribution < -0.4 is 5.32 Å². The Morgan fingerprint density at radius 2 is 2.11 bits per heavy atom. The van der Waals surface area contributed by atoms with Crippen molar-refractivity contribution >= 4 is 5.69 Å². The summed E-state index contributed by atoms with van der Waals surface area (Å²) >= 11 is 0. The fraction of sp³-hybridized carbons (Fsp3) is 0.571. The second kappa shape index (κ2) is 7.19. The molecule has 0 radical (unpaired) electrons. The molecule has 0 spiro atoms. The van der Waals surface area contributed by atoms with Crippen LogP contribution >= 0.6 is 0 Å². The molecule has 1 N–H and O–H groups in total. The topological polar surface area (TPSA) is 55.2 Å². The second-order valence-electron chi connectivity index (χ2n) is 5.07. The fourth-order valence-corrected chi connectivity index (χ4v) is 1.95. The zero-order chi connectivity index (χ0) is 14.4. The molecule has 0 saturated heterocycles. The molecule has 19 heavy (non-hydrogen) atoms. The molecule has 1 aromatic rings. The van der Waals surface area contributed by atoms with Crippen molar-refractivity contribution in [1.82, 2.24) is 5.32 Å². The van der Waals surface area contributed by atoms with Crippen LogP contribution in [0.15, 0.2) is 18.2 Å². The molecule has 0 aliphatic rings. The summed E-state index contributed by atoms with van der Waals surface area (Å²) in [6.07, 6.45) is 2.20. The van der Waals surface area contributed by atoms with E-state index in [-0.39, 0.29) is 0 Å². The van der Waals surface area contributed by atoms with Crippen LogP contribution in [0.1, 0.15) is 39.2 Å². The van der Waals surface area contributed by atoms with Crippen LogP contribution in [0.5, 0.6) is 0 Å². The highest BCUT2D eigenvalue weighted by molar-refractivity contribution is 5.34. The van der Waals surface area contributed by atoms with Gasteiger partial charge >= 0.3 is 5.69 Å². The van der Waals surface area contributed by atoms with Gasteiger partial charge in [0, 0.05) is 18.7 Å². The van der Waals surface area contributed by atoms with Crippen LogP contribution in [0.2, 0.25) is 0 Å². The van der Waals surface area contributed by atoms with E-state index in [2.05, 4.69) is 26.1 Å². The van der Waals surface area contributed by atoms with Gasteiger partial charge in [-0.1, -0.05) is 26.3 Å². The van der Waals surface area contributed by atoms with Crippen LogP contribution in [0, 0.1) is 21.8 Å². The third-order valence-corrected chi connectivity index (χ3v) is 3.32. The molecule has 1 aromatic carbocycles. The molecule has 5 heteroatoms. The molecule has 0 amide bonds. The minimum absolute atomic E-state index is 0.341. The van der Waals surface area contributed by atoms with Gasteiger partial charge in [-0.3, -0.25) is 10.1 Å². The normalized spacial score (nSPS) is 14.1. The Bertz CT molecular complexity index is 437. The van der Waals surface area contributed by atoms with E-state index in [0.717, 1.165) is 18.4 Å². The number of nitrogens with zero attached hydrogens (tertiary/aromatic N) is 1. The van der Waals surface area contributed by atoms with E-state index in [1.54, 1.807) is 6.07 Å². The first-order chi connectivity index (χ1) is 8.93. The van der Waals surface area contributed by atoms with Crippen molar-refractivity contribution in [3.05, 3.63) is 39.7 Å². The van der Waals surface area contributed by atoms with Gasteiger partial charge in [0.15, 0.2) is 0 Å². The summed E-state index contributed by atoms with van der Waals surface area (Å²) in [5.74, 6) is -0.130. The molecule has 0 aliphatic carbocycles. The first kappa shape index (κ1) is 15.6. The Labute approximate surface area is 113 Å². The first-order valence-corrected chi connectivity index (χ1v) is 6.60. The summed E-state index contributed by atoms with van der Waals surface area (Å²) in [5, 5.41) is 13.8. The minimum Gasteiger partial charge on any atom is -0.310 e. The molecule has 2 atom stereocenters. The van der Waals surface area contributed by atoms with Gasteiger partial charge < -0.3 is 5.32 Å². The van der Waals surface area contributed by atoms with Crippen LogP contribution in [-0.2, 0) is 6.54 Å². The molecule has 0 bridgehead atoms. The van der Waals surface area contributed by atoms with Crippen molar-refractivity contribution in [1.29, 1.82) is 0 Å². The van der Waals surface area contributed by atoms with Crippen molar-refractivity contribution in [3.8, 4) is 0 Å². The molecule has 0 aliphatic heterocycles. The van der Waals surface area contributed by atoms with Gasteiger partial charge in [-0.05, 0) is 30.9 Å². The van der Waals surface area contributed by atoms with Gasteiger partial charge in [-0.25, -0.2) is 0 Å². The van der Waals surface area contributed by atoms with Gasteiger partial charge in [-0.15, -0.1) is 0 Å². The molecule has 0 saturated carbocycles. The standard InChI is InChI=1S/C14H21FN2O2/c1-4-10(2)7-11(3)16-9-12-5-6-14(17(18)19)13(15)8-12/h5-6,8,10-11,16H,4,7,9H2,1-3H3. The maximum Gasteiger partial charge on any atom is 0.304 e. The zero-order valence-electron chi connectivity index (χ0n) is 11.6. The Hall–Kier alpha value is -1.49. The summed E-state index contributed by atoms with van der Waals surface area (Å²) < 4.78 is 13.4. The van der Waals surface area contributed by atoms with E-state index in [9.17, 15) is 14.5 Å². The van der Waals surface area contributed by atoms with Crippen LogP contribution in [-0.4, -0.2) is 11.0 Å². The van der Waals surface area contributed by atoms with E-state index in [0.29, 0.717) is 18.5 Å². The maximum atomic E-state index is 13.4. The van der Waals surface area contributed by atoms with Gasteiger partial charge in [-0.2, -0.15) is 4.39 Å². The summed E-state index contributed by atoms with van der Waals surface area (Å²) in [6, 6.07) is 4.37. The number of rotatable bonds is 7. The highest BCUT2D eigenvalue weighted by Crippen LogP contribution is 2.18. The number of benzene rings is 1. The Morgan fingerprint density at radius 1 is 1.42 bits per heavy atom. The molecule has 0 aromatic heterocycles. The molecule has 2 unspecified atom stereocenters. The third kappa shape index (κ3) is 4.95. The van der Waals surface area contributed by atoms with Gasteiger partial charge in [0.05, 0.1) is 4.92 Å². The fourth-order valence-electron chi connectivity index (χ4n) is 1.95. The lowest BCUT2D eigenvalue weighted by Crippen LogP contribution is -2.27. The van der Waals surface area contributed by atoms with Crippen LogP contribution in [0.3, 0.4) is 0 Å². The number of hydrogen-bond donors (Lipinski definition) is 1. The lowest BCUT2D eigenvalue weighted by Gasteiger charge is -2.17. The first-order valence-electron chi connectivity index (χ1n) is 6.60. The Morgan fingerprint density at radius 3 is 2.63 bits per heavy atom. The number of nitro groups is 1. The van der Waals surface area contributed by atoms with Gasteiger partial charge in [0.25, 0.3) is 0 Å². The summed E-state index contributed by atoms with van der Waals surface area (Å²) in [5.41, 5.74) is 0.246. The number of hydrogen-bond acceptors (Lipinski definition) is 3. The second-order valence-corrected chi connectivity index (χ2v) is 5.07. The van der Waals surface area contributed by atoms with Gasteiger partial charge in [0.2, 0.25) is 5.82 Å². The molecular weight excluding hydrogens is 247 g/mol. The molecule has 0 heterocycles. The summed E-state index contributed by atoms with van der Waals surface area (Å²) in [6.45, 7) is 6.97. The lowest BCUT2D eigenvalue weighted by molar-refractivity contribution is -0.387. The number of nitrogens with one attached hydrogen (secondary N) is 1. The van der Waals surface area contributed by atoms with Crippen molar-refractivity contribution in [3.63, 3.8) is 0 Å². The Balaban J connectivity index is 2.54. The highest BCUT2D eigenvalue weighted by atomic mass is 19.1. The predicted octanol–water partition coefficient (Wildman–Crippen LogP) is 3.65. The Kier molecular flexibility index (Phi) is 5.89. The summed E-state index contributed by atoms with van der Waals surface area (Å²) in [4.78, 5) is 9.79. The molecular formula is C14H21FN2O2. The van der Waals surface area contributed by atoms with Crippen LogP contribution in [0.25, 0.3) is 0 Å². The average molecular weight is 268 g/mol. The average Bonchev–Trinajstić information content (AvgIpc) is 2.35. The van der Waals surface area contributed by atoms with E-state index in [4.69, 9.17) is 0 Å². The number of nitro benzene ring substituents is 1. The minimum atomic E-state index is -0.779. The largest absolute Gasteiger partial charge is 0.310 e. The molecule has 1 rings (SSSR count). The zero-order valence-corrected chi connectivity index (χ0v) is 11.6. The third-order valence-electron chi connectivity index (χ3n) is 3.32. The van der Waals surface area contributed by atoms with E-state index in [1.807, 2.05) is 0 Å². The van der Waals surface area contributed by atoms with Crippen molar-refractivity contribution in [2.75, 3.05) is 0 Å². The highest BCUT2D eigenvalue weighted by Gasteiger charge is 2.14. The molecule has 106 valence electrons. The molecule has 0 fully saturated rings. The van der Waals surface area contributed by atoms with Crippen molar-refractivity contribution in [2.24, 2.45) is 5.92 Å². The molecule has 4 nitrogen and oxygen atoms in total. The van der Waals surface area contributed by atoms with Crippen molar-refractivity contribution in [2.45, 2.75) is 46.2 Å². The maximum absolute atomic E-state index is 13.4. The van der Waals surface area contributed by atoms with E-state index >= 15 is 0 Å². The quantitative estimate of drug-likeness (QED) is 0.606. The monoisotopic (exact) mass is 268 g/mol. The SMILES string of the molecule is CCC(C)CC(C)NCc1ccc([N+](=O)[O-])c(F)c1. The van der Waals surface area contributed by atoms with E-state index < -0.39 is 16.4 Å². The smallest absolute Gasteiger partial charge is 0.304 e. The van der Waals surface area contributed by atoms with Crippen LogP contribution in [0.4, 0.5) is 10.1 Å². The van der Waals surface area contributed by atoms with Crippen molar-refractivity contribution < 1.29 is 9.31 Å².